The van der Waals surface area contributed by atoms with E-state index in [0.29, 0.717) is 57.1 Å². The number of carbonyl (C=O) groups excluding carboxylic acids is 4. The number of ether oxygens (including phenoxy) is 2. The topological polar surface area (TPSA) is 190 Å². The number of amides is 4. The molecule has 0 radical (unpaired) electrons. The summed E-state index contributed by atoms with van der Waals surface area (Å²) in [6.07, 6.45) is 1.96. The van der Waals surface area contributed by atoms with Crippen molar-refractivity contribution in [3.63, 3.8) is 0 Å². The lowest BCUT2D eigenvalue weighted by Crippen LogP contribution is -2.59. The number of nitrogens with zero attached hydrogens (tertiary/aromatic N) is 4. The molecule has 3 N–H and O–H groups in total. The summed E-state index contributed by atoms with van der Waals surface area (Å²) in [6.45, 7) is 6.33. The molecule has 2 aliphatic carbocycles. The van der Waals surface area contributed by atoms with E-state index in [0.717, 1.165) is 5.52 Å². The molecule has 3 aromatic rings. The number of fused-ring (bicyclic) bond motifs is 5. The fraction of sp³-hybridized carbons (Fsp3) is 0.590. The number of allylic oxidation sites excluding steroid dienone is 1. The van der Waals surface area contributed by atoms with E-state index < -0.39 is 85.9 Å². The first kappa shape index (κ1) is 41.2. The molecule has 7 atom stereocenters. The number of alkyl carbamates (subject to hydrolysis) is 1. The number of alkyl halides is 3. The van der Waals surface area contributed by atoms with Gasteiger partial charge in [0, 0.05) is 24.7 Å². The van der Waals surface area contributed by atoms with Crippen LogP contribution in [0, 0.1) is 17.8 Å². The average molecular weight is 832 g/mol. The third-order valence-corrected chi connectivity index (χ3v) is 14.2. The molecular weight excluding hydrogens is 784 g/mol. The van der Waals surface area contributed by atoms with Crippen LogP contribution in [0.5, 0.6) is 5.88 Å². The van der Waals surface area contributed by atoms with Crippen LogP contribution in [-0.4, -0.2) is 98.3 Å². The van der Waals surface area contributed by atoms with Crippen LogP contribution in [0.1, 0.15) is 79.6 Å². The van der Waals surface area contributed by atoms with Gasteiger partial charge in [0.1, 0.15) is 23.7 Å². The zero-order valence-corrected chi connectivity index (χ0v) is 33.7. The minimum Gasteiger partial charge on any atom is -0.472 e. The number of imidazole rings is 1. The van der Waals surface area contributed by atoms with Crippen molar-refractivity contribution in [1.82, 2.24) is 34.6 Å². The van der Waals surface area contributed by atoms with Gasteiger partial charge in [-0.1, -0.05) is 38.1 Å². The van der Waals surface area contributed by atoms with Crippen molar-refractivity contribution in [3.8, 4) is 5.88 Å². The van der Waals surface area contributed by atoms with E-state index in [1.807, 2.05) is 25.1 Å². The Kier molecular flexibility index (Phi) is 10.5. The Hall–Kier alpha value is -4.94. The Morgan fingerprint density at radius 2 is 1.81 bits per heavy atom. The second-order valence-electron chi connectivity index (χ2n) is 17.0. The van der Waals surface area contributed by atoms with E-state index in [9.17, 15) is 40.8 Å². The average Bonchev–Trinajstić information content (AvgIpc) is 3.92. The van der Waals surface area contributed by atoms with Gasteiger partial charge in [0.05, 0.1) is 22.2 Å². The predicted octanol–water partition coefficient (Wildman–Crippen LogP) is 4.55. The van der Waals surface area contributed by atoms with Crippen LogP contribution in [0.25, 0.3) is 16.7 Å². The lowest BCUT2D eigenvalue weighted by molar-refractivity contribution is -0.244. The Bertz CT molecular complexity index is 2280. The molecule has 19 heteroatoms. The number of carbonyl (C=O) groups is 4. The third kappa shape index (κ3) is 7.80. The van der Waals surface area contributed by atoms with Gasteiger partial charge in [-0.3, -0.25) is 23.5 Å². The van der Waals surface area contributed by atoms with Gasteiger partial charge in [0.2, 0.25) is 39.1 Å². The van der Waals surface area contributed by atoms with Gasteiger partial charge in [-0.05, 0) is 83.3 Å². The number of para-hydroxylation sites is 1. The van der Waals surface area contributed by atoms with E-state index >= 15 is 0 Å². The molecule has 58 heavy (non-hydrogen) atoms. The number of benzene rings is 1. The standard InChI is InChI=1S/C39H48F3N7O8S/c1-22-10-6-7-11-24-20-38(24,33(52)47-58(54,55)37(5)14-15-37)46-30(50)28-19-25(56-31-26-12-8-9-13-27(26)48-17-16-43-34(48)45-31)21-49(28)32(51)29(23(2)18-22)44-35(53)57-36(3,4)39(40,41)42/h7-9,11-13,16-17,22-25,28-29H,6,10,14-15,18-21H2,1-5H3,(H,44,53)(H,46,50)(H,47,52)/b11-7-/t22-,23-,24-,25-,28+,29+,38-/m1/s1. The number of hydrogen-bond donors (Lipinski definition) is 3. The quantitative estimate of drug-likeness (QED) is 0.285. The maximum Gasteiger partial charge on any atom is 0.427 e. The van der Waals surface area contributed by atoms with Gasteiger partial charge in [-0.2, -0.15) is 18.2 Å². The lowest BCUT2D eigenvalue weighted by Gasteiger charge is -2.34. The molecule has 2 aliphatic heterocycles. The van der Waals surface area contributed by atoms with E-state index in [-0.39, 0.29) is 31.2 Å². The molecule has 0 spiro atoms. The van der Waals surface area contributed by atoms with Crippen molar-refractivity contribution >= 4 is 50.5 Å². The Labute approximate surface area is 333 Å². The van der Waals surface area contributed by atoms with Gasteiger partial charge in [0.15, 0.2) is 0 Å². The number of sulfonamides is 1. The van der Waals surface area contributed by atoms with Crippen LogP contribution in [0.4, 0.5) is 18.0 Å². The van der Waals surface area contributed by atoms with E-state index in [1.54, 1.807) is 41.9 Å². The zero-order valence-electron chi connectivity index (χ0n) is 32.8. The molecule has 2 aromatic heterocycles. The molecule has 1 saturated heterocycles. The fourth-order valence-corrected chi connectivity index (χ4v) is 9.18. The minimum absolute atomic E-state index is 0.0386. The smallest absolute Gasteiger partial charge is 0.427 e. The largest absolute Gasteiger partial charge is 0.472 e. The first-order valence-electron chi connectivity index (χ1n) is 19.5. The van der Waals surface area contributed by atoms with Crippen LogP contribution < -0.4 is 20.1 Å². The molecule has 4 aliphatic rings. The van der Waals surface area contributed by atoms with Crippen molar-refractivity contribution in [1.29, 1.82) is 0 Å². The van der Waals surface area contributed by atoms with Gasteiger partial charge >= 0.3 is 12.3 Å². The summed E-state index contributed by atoms with van der Waals surface area (Å²) in [5, 5.41) is 5.80. The molecule has 0 unspecified atom stereocenters. The highest BCUT2D eigenvalue weighted by Crippen LogP contribution is 2.48. The SMILES string of the molecule is C[C@@H]1CC/C=C\[C@@H]2C[C@@]2(C(=O)NS(=O)(=O)C2(C)CC2)NC(=O)[C@@H]2C[C@@H](Oc3nc4nccn4c4ccccc34)CN2C(=O)[C@@H](NC(=O)OC(C)(C)C(F)(F)F)[C@H](C)C1. The number of hydrogen-bond acceptors (Lipinski definition) is 10. The van der Waals surface area contributed by atoms with Crippen molar-refractivity contribution in [2.45, 2.75) is 120 Å². The maximum absolute atomic E-state index is 14.8. The number of aromatic nitrogens is 3. The van der Waals surface area contributed by atoms with Crippen LogP contribution in [-0.2, 0) is 29.1 Å². The fourth-order valence-electron chi connectivity index (χ4n) is 7.87. The summed E-state index contributed by atoms with van der Waals surface area (Å²) in [5.74, 6) is -3.18. The van der Waals surface area contributed by atoms with E-state index in [1.165, 1.54) is 11.8 Å². The van der Waals surface area contributed by atoms with Crippen molar-refractivity contribution in [3.05, 3.63) is 48.8 Å². The highest BCUT2D eigenvalue weighted by atomic mass is 32.2. The van der Waals surface area contributed by atoms with Gasteiger partial charge in [-0.25, -0.2) is 18.2 Å². The highest BCUT2D eigenvalue weighted by molar-refractivity contribution is 7.91. The molecular formula is C39H48F3N7O8S. The summed E-state index contributed by atoms with van der Waals surface area (Å²) < 4.78 is 81.8. The van der Waals surface area contributed by atoms with Crippen LogP contribution >= 0.6 is 0 Å². The second-order valence-corrected chi connectivity index (χ2v) is 19.2. The second kappa shape index (κ2) is 14.7. The van der Waals surface area contributed by atoms with Gasteiger partial charge in [0.25, 0.3) is 5.91 Å². The van der Waals surface area contributed by atoms with Crippen molar-refractivity contribution < 1.29 is 50.2 Å². The van der Waals surface area contributed by atoms with E-state index in [4.69, 9.17) is 9.47 Å². The lowest BCUT2D eigenvalue weighted by atomic mass is 9.88. The highest BCUT2D eigenvalue weighted by Gasteiger charge is 2.63. The Morgan fingerprint density at radius 3 is 2.52 bits per heavy atom. The predicted molar refractivity (Wildman–Crippen MR) is 204 cm³/mol. The summed E-state index contributed by atoms with van der Waals surface area (Å²) in [5.41, 5.74) is -3.80. The number of nitrogens with one attached hydrogen (secondary N) is 3. The Balaban J connectivity index is 1.24. The van der Waals surface area contributed by atoms with Crippen LogP contribution in [0.3, 0.4) is 0 Å². The number of halogens is 3. The molecule has 15 nitrogen and oxygen atoms in total. The molecule has 3 fully saturated rings. The zero-order chi connectivity index (χ0) is 42.0. The molecule has 0 bridgehead atoms. The monoisotopic (exact) mass is 831 g/mol. The molecule has 314 valence electrons. The molecule has 4 amide bonds. The van der Waals surface area contributed by atoms with Gasteiger partial charge in [-0.15, -0.1) is 0 Å². The summed E-state index contributed by atoms with van der Waals surface area (Å²) in [4.78, 5) is 66.5. The Morgan fingerprint density at radius 1 is 1.09 bits per heavy atom. The summed E-state index contributed by atoms with van der Waals surface area (Å²) >= 11 is 0. The summed E-state index contributed by atoms with van der Waals surface area (Å²) in [7, 11) is -4.08. The molecule has 1 aromatic carbocycles. The minimum atomic E-state index is -4.91. The van der Waals surface area contributed by atoms with E-state index in [2.05, 4.69) is 25.3 Å². The summed E-state index contributed by atoms with van der Waals surface area (Å²) in [6, 6.07) is 4.50. The third-order valence-electron chi connectivity index (χ3n) is 12.0. The van der Waals surface area contributed by atoms with Gasteiger partial charge < -0.3 is 25.0 Å². The normalized spacial score (nSPS) is 29.6. The maximum atomic E-state index is 14.8. The molecule has 7 rings (SSSR count). The van der Waals surface area contributed by atoms with Crippen LogP contribution in [0.2, 0.25) is 0 Å². The van der Waals surface area contributed by atoms with Crippen molar-refractivity contribution in [2.24, 2.45) is 17.8 Å². The number of rotatable bonds is 7. The first-order chi connectivity index (χ1) is 27.1. The molecule has 4 heterocycles. The molecule has 2 saturated carbocycles. The first-order valence-corrected chi connectivity index (χ1v) is 20.9. The van der Waals surface area contributed by atoms with Crippen LogP contribution in [0.15, 0.2) is 48.8 Å². The van der Waals surface area contributed by atoms with Crippen molar-refractivity contribution in [2.75, 3.05) is 6.54 Å².